The third-order valence-corrected chi connectivity index (χ3v) is 7.34. The van der Waals surface area contributed by atoms with Crippen molar-refractivity contribution in [2.24, 2.45) is 23.5 Å². The third kappa shape index (κ3) is 4.01. The number of fused-ring (bicyclic) bond motifs is 3. The summed E-state index contributed by atoms with van der Waals surface area (Å²) in [4.78, 5) is 16.6. The number of carbonyl (C=O) groups excluding carboxylic acids is 1. The molecule has 0 radical (unpaired) electrons. The zero-order valence-corrected chi connectivity index (χ0v) is 17.1. The fourth-order valence-electron chi connectivity index (χ4n) is 4.87. The molecule has 1 aromatic rings. The Kier molecular flexibility index (Phi) is 7.19. The molecule has 2 heterocycles. The summed E-state index contributed by atoms with van der Waals surface area (Å²) in [7, 11) is 0. The lowest BCUT2D eigenvalue weighted by Crippen LogP contribution is -2.49. The van der Waals surface area contributed by atoms with E-state index in [9.17, 15) is 4.79 Å². The molecule has 4 rings (SSSR count). The molecule has 0 aromatic carbocycles. The molecule has 0 spiro atoms. The number of halogens is 2. The normalized spacial score (nSPS) is 31.6. The average Bonchev–Trinajstić information content (AvgIpc) is 3.26. The number of nitrogens with zero attached hydrogens (tertiary/aromatic N) is 1. The molecule has 4 nitrogen and oxygen atoms in total. The van der Waals surface area contributed by atoms with Crippen molar-refractivity contribution in [3.05, 3.63) is 21.9 Å². The Labute approximate surface area is 166 Å². The van der Waals surface area contributed by atoms with Crippen LogP contribution in [0.3, 0.4) is 0 Å². The van der Waals surface area contributed by atoms with Crippen LogP contribution in [-0.2, 0) is 17.8 Å². The first-order valence-corrected chi connectivity index (χ1v) is 9.84. The van der Waals surface area contributed by atoms with Crippen LogP contribution in [0.15, 0.2) is 11.4 Å². The maximum Gasteiger partial charge on any atom is 0.225 e. The Bertz CT molecular complexity index is 595. The maximum absolute atomic E-state index is 12.6. The zero-order chi connectivity index (χ0) is 16.0. The van der Waals surface area contributed by atoms with Gasteiger partial charge >= 0.3 is 0 Å². The number of nitrogens with one attached hydrogen (secondary N) is 1. The molecule has 0 saturated heterocycles. The van der Waals surface area contributed by atoms with Crippen LogP contribution in [0.2, 0.25) is 0 Å². The fraction of sp³-hybridized carbons (Fsp3) is 0.722. The number of hydrogen-bond donors (Lipinski definition) is 2. The highest BCUT2D eigenvalue weighted by Gasteiger charge is 2.49. The van der Waals surface area contributed by atoms with Crippen LogP contribution in [0.5, 0.6) is 0 Å². The second-order valence-corrected chi connectivity index (χ2v) is 8.62. The van der Waals surface area contributed by atoms with Gasteiger partial charge in [0.15, 0.2) is 0 Å². The first kappa shape index (κ1) is 21.0. The van der Waals surface area contributed by atoms with Gasteiger partial charge in [-0.25, -0.2) is 0 Å². The van der Waals surface area contributed by atoms with Crippen molar-refractivity contribution in [3.63, 3.8) is 0 Å². The first-order chi connectivity index (χ1) is 11.1. The third-order valence-electron chi connectivity index (χ3n) is 6.32. The minimum atomic E-state index is 0. The van der Waals surface area contributed by atoms with E-state index < -0.39 is 0 Å². The molecule has 1 aromatic heterocycles. The van der Waals surface area contributed by atoms with E-state index in [0.29, 0.717) is 17.9 Å². The van der Waals surface area contributed by atoms with Crippen molar-refractivity contribution in [1.29, 1.82) is 0 Å². The number of rotatable bonds is 4. The molecule has 2 bridgehead atoms. The van der Waals surface area contributed by atoms with Gasteiger partial charge in [0.25, 0.3) is 0 Å². The summed E-state index contributed by atoms with van der Waals surface area (Å²) in [6, 6.07) is 2.71. The van der Waals surface area contributed by atoms with Crippen molar-refractivity contribution in [2.45, 2.75) is 51.2 Å². The summed E-state index contributed by atoms with van der Waals surface area (Å²) >= 11 is 1.87. The number of nitrogens with two attached hydrogens (primary N) is 1. The molecule has 2 aliphatic carbocycles. The Balaban J connectivity index is 0.00000113. The minimum Gasteiger partial charge on any atom is -0.354 e. The van der Waals surface area contributed by atoms with E-state index in [1.807, 2.05) is 11.3 Å². The van der Waals surface area contributed by atoms with E-state index in [-0.39, 0.29) is 42.7 Å². The Hall–Kier alpha value is -0.330. The summed E-state index contributed by atoms with van der Waals surface area (Å²) in [6.07, 6.45) is 4.73. The average molecular weight is 406 g/mol. The Morgan fingerprint density at radius 2 is 2.16 bits per heavy atom. The second kappa shape index (κ2) is 8.57. The van der Waals surface area contributed by atoms with Gasteiger partial charge in [-0.1, -0.05) is 0 Å². The van der Waals surface area contributed by atoms with Crippen LogP contribution >= 0.6 is 36.2 Å². The molecule has 5 atom stereocenters. The highest BCUT2D eigenvalue weighted by Crippen LogP contribution is 2.47. The zero-order valence-electron chi connectivity index (χ0n) is 14.6. The lowest BCUT2D eigenvalue weighted by Gasteiger charge is -2.33. The van der Waals surface area contributed by atoms with Crippen molar-refractivity contribution in [1.82, 2.24) is 10.2 Å². The standard InChI is InChI=1S/C18H27N3OS.2ClH/c1-11(21-6-4-15-14(10-21)5-7-23-15)9-20-18(22)16-12-2-3-13(8-12)17(16)19;;/h5,7,11-13,16-17H,2-4,6,8-10,19H2,1H3,(H,20,22);2*1H. The largest absolute Gasteiger partial charge is 0.354 e. The number of thiophene rings is 1. The van der Waals surface area contributed by atoms with E-state index >= 15 is 0 Å². The lowest BCUT2D eigenvalue weighted by molar-refractivity contribution is -0.127. The first-order valence-electron chi connectivity index (χ1n) is 8.96. The summed E-state index contributed by atoms with van der Waals surface area (Å²) in [6.45, 7) is 5.07. The summed E-state index contributed by atoms with van der Waals surface area (Å²) < 4.78 is 0. The van der Waals surface area contributed by atoms with Crippen LogP contribution in [-0.4, -0.2) is 36.0 Å². The molecule has 1 amide bonds. The number of hydrogen-bond acceptors (Lipinski definition) is 4. The predicted octanol–water partition coefficient (Wildman–Crippen LogP) is 2.83. The van der Waals surface area contributed by atoms with Gasteiger partial charge < -0.3 is 11.1 Å². The van der Waals surface area contributed by atoms with Crippen LogP contribution in [0.25, 0.3) is 0 Å². The number of carbonyl (C=O) groups is 1. The molecule has 3 N–H and O–H groups in total. The second-order valence-electron chi connectivity index (χ2n) is 7.62. The Morgan fingerprint density at radius 3 is 2.88 bits per heavy atom. The Morgan fingerprint density at radius 1 is 1.40 bits per heavy atom. The quantitative estimate of drug-likeness (QED) is 0.809. The molecule has 2 saturated carbocycles. The van der Waals surface area contributed by atoms with Gasteiger partial charge in [0.1, 0.15) is 0 Å². The summed E-state index contributed by atoms with van der Waals surface area (Å²) in [5.41, 5.74) is 7.75. The van der Waals surface area contributed by atoms with Crippen molar-refractivity contribution in [3.8, 4) is 0 Å². The molecule has 1 aliphatic heterocycles. The minimum absolute atomic E-state index is 0. The molecule has 142 valence electrons. The van der Waals surface area contributed by atoms with Crippen LogP contribution < -0.4 is 11.1 Å². The van der Waals surface area contributed by atoms with Crippen molar-refractivity contribution < 1.29 is 4.79 Å². The van der Waals surface area contributed by atoms with Crippen LogP contribution in [0.1, 0.15) is 36.6 Å². The van der Waals surface area contributed by atoms with Crippen molar-refractivity contribution >= 4 is 42.1 Å². The monoisotopic (exact) mass is 405 g/mol. The highest BCUT2D eigenvalue weighted by molar-refractivity contribution is 7.10. The maximum atomic E-state index is 12.6. The highest BCUT2D eigenvalue weighted by atomic mass is 35.5. The van der Waals surface area contributed by atoms with E-state index in [2.05, 4.69) is 28.6 Å². The smallest absolute Gasteiger partial charge is 0.225 e. The van der Waals surface area contributed by atoms with Gasteiger partial charge in [0.05, 0.1) is 5.92 Å². The predicted molar refractivity (Wildman–Crippen MR) is 108 cm³/mol. The summed E-state index contributed by atoms with van der Waals surface area (Å²) in [5, 5.41) is 5.39. The van der Waals surface area contributed by atoms with E-state index in [1.165, 1.54) is 29.7 Å². The van der Waals surface area contributed by atoms with Crippen molar-refractivity contribution in [2.75, 3.05) is 13.1 Å². The lowest BCUT2D eigenvalue weighted by atomic mass is 9.84. The van der Waals surface area contributed by atoms with E-state index in [0.717, 1.165) is 26.1 Å². The molecule has 25 heavy (non-hydrogen) atoms. The SMILES string of the molecule is CC(CNC(=O)C1C2CCC(C2)C1N)N1CCc2sccc2C1.Cl.Cl. The van der Waals surface area contributed by atoms with E-state index in [1.54, 1.807) is 0 Å². The molecular weight excluding hydrogens is 377 g/mol. The van der Waals surface area contributed by atoms with Gasteiger partial charge in [0.2, 0.25) is 5.91 Å². The topological polar surface area (TPSA) is 58.4 Å². The molecule has 5 unspecified atom stereocenters. The molecular formula is C18H29Cl2N3OS. The van der Waals surface area contributed by atoms with Gasteiger partial charge in [-0.05, 0) is 61.5 Å². The molecule has 3 aliphatic rings. The number of amides is 1. The van der Waals surface area contributed by atoms with Gasteiger partial charge in [-0.2, -0.15) is 0 Å². The van der Waals surface area contributed by atoms with E-state index in [4.69, 9.17) is 5.73 Å². The van der Waals surface area contributed by atoms with Gasteiger partial charge in [0, 0.05) is 36.6 Å². The molecule has 7 heteroatoms. The van der Waals surface area contributed by atoms with Crippen LogP contribution in [0.4, 0.5) is 0 Å². The summed E-state index contributed by atoms with van der Waals surface area (Å²) in [5.74, 6) is 1.39. The van der Waals surface area contributed by atoms with Gasteiger partial charge in [-0.3, -0.25) is 9.69 Å². The fourth-order valence-corrected chi connectivity index (χ4v) is 5.76. The van der Waals surface area contributed by atoms with Crippen LogP contribution in [0, 0.1) is 17.8 Å². The molecule has 2 fully saturated rings. The van der Waals surface area contributed by atoms with Gasteiger partial charge in [-0.15, -0.1) is 36.2 Å².